The van der Waals surface area contributed by atoms with Crippen molar-refractivity contribution in [2.75, 3.05) is 5.32 Å². The fraction of sp³-hybridized carbons (Fsp3) is 0.308. The van der Waals surface area contributed by atoms with Crippen LogP contribution in [-0.2, 0) is 0 Å². The average molecular weight is 335 g/mol. The Kier molecular flexibility index (Phi) is 4.63. The topological polar surface area (TPSA) is 105 Å². The van der Waals surface area contributed by atoms with Crippen molar-refractivity contribution in [3.63, 3.8) is 0 Å². The summed E-state index contributed by atoms with van der Waals surface area (Å²) in [6.45, 7) is 6.06. The second-order valence-electron chi connectivity index (χ2n) is 5.40. The first-order chi connectivity index (χ1) is 10.3. The molecule has 0 aliphatic heterocycles. The number of nitrogens with one attached hydrogen (secondary N) is 1. The summed E-state index contributed by atoms with van der Waals surface area (Å²) in [7, 11) is 0. The van der Waals surface area contributed by atoms with E-state index in [1.165, 1.54) is 35.2 Å². The standard InChI is InChI=1S/C13H13N5O2S2/c1-13(2,3)15-11-16-17-12(22-11)21-10-5-4-9(18(19)20)6-8(10)7-14/h4-6H,1-3H3,(H,15,16). The van der Waals surface area contributed by atoms with Crippen LogP contribution in [0.25, 0.3) is 0 Å². The van der Waals surface area contributed by atoms with Crippen molar-refractivity contribution in [2.24, 2.45) is 0 Å². The third-order valence-electron chi connectivity index (χ3n) is 2.38. The number of hydrogen-bond donors (Lipinski definition) is 1. The fourth-order valence-electron chi connectivity index (χ4n) is 1.52. The molecule has 1 aromatic heterocycles. The summed E-state index contributed by atoms with van der Waals surface area (Å²) in [6, 6.07) is 6.16. The highest BCUT2D eigenvalue weighted by Gasteiger charge is 2.16. The van der Waals surface area contributed by atoms with Crippen LogP contribution < -0.4 is 5.32 Å². The number of nitriles is 1. The number of nitrogens with zero attached hydrogens (tertiary/aromatic N) is 4. The number of aromatic nitrogens is 2. The van der Waals surface area contributed by atoms with Crippen molar-refractivity contribution in [1.29, 1.82) is 5.26 Å². The maximum atomic E-state index is 10.7. The molecule has 2 aromatic rings. The zero-order valence-electron chi connectivity index (χ0n) is 12.2. The zero-order chi connectivity index (χ0) is 16.3. The van der Waals surface area contributed by atoms with Gasteiger partial charge < -0.3 is 5.32 Å². The zero-order valence-corrected chi connectivity index (χ0v) is 13.8. The van der Waals surface area contributed by atoms with Gasteiger partial charge in [-0.1, -0.05) is 23.1 Å². The summed E-state index contributed by atoms with van der Waals surface area (Å²) in [4.78, 5) is 10.8. The van der Waals surface area contributed by atoms with E-state index in [0.717, 1.165) is 0 Å². The second kappa shape index (κ2) is 6.29. The quantitative estimate of drug-likeness (QED) is 0.671. The number of nitro groups is 1. The van der Waals surface area contributed by atoms with Crippen LogP contribution in [-0.4, -0.2) is 20.7 Å². The normalized spacial score (nSPS) is 11.0. The molecule has 1 heterocycles. The second-order valence-corrected chi connectivity index (χ2v) is 7.67. The molecule has 9 heteroatoms. The van der Waals surface area contributed by atoms with Gasteiger partial charge in [-0.15, -0.1) is 10.2 Å². The van der Waals surface area contributed by atoms with Crippen LogP contribution in [0.5, 0.6) is 0 Å². The molecule has 114 valence electrons. The molecule has 0 atom stereocenters. The van der Waals surface area contributed by atoms with Crippen molar-refractivity contribution in [3.05, 3.63) is 33.9 Å². The first-order valence-corrected chi connectivity index (χ1v) is 7.90. The minimum Gasteiger partial charge on any atom is -0.355 e. The lowest BCUT2D eigenvalue weighted by Gasteiger charge is -2.18. The van der Waals surface area contributed by atoms with Gasteiger partial charge in [0.2, 0.25) is 5.13 Å². The monoisotopic (exact) mass is 335 g/mol. The summed E-state index contributed by atoms with van der Waals surface area (Å²) in [5.74, 6) is 0. The van der Waals surface area contributed by atoms with E-state index in [9.17, 15) is 10.1 Å². The van der Waals surface area contributed by atoms with E-state index in [-0.39, 0.29) is 16.8 Å². The van der Waals surface area contributed by atoms with E-state index in [4.69, 9.17) is 5.26 Å². The van der Waals surface area contributed by atoms with Crippen LogP contribution in [0.15, 0.2) is 27.4 Å². The van der Waals surface area contributed by atoms with Crippen molar-refractivity contribution in [3.8, 4) is 6.07 Å². The highest BCUT2D eigenvalue weighted by molar-refractivity contribution is 8.01. The van der Waals surface area contributed by atoms with Crippen molar-refractivity contribution < 1.29 is 4.92 Å². The lowest BCUT2D eigenvalue weighted by atomic mass is 10.1. The molecule has 1 N–H and O–H groups in total. The maximum Gasteiger partial charge on any atom is 0.270 e. The Labute approximate surface area is 135 Å². The molecule has 1 aromatic carbocycles. The molecule has 0 aliphatic rings. The van der Waals surface area contributed by atoms with E-state index in [0.29, 0.717) is 14.4 Å². The Bertz CT molecular complexity index is 746. The van der Waals surface area contributed by atoms with Gasteiger partial charge in [0.25, 0.3) is 5.69 Å². The van der Waals surface area contributed by atoms with Gasteiger partial charge in [-0.25, -0.2) is 0 Å². The van der Waals surface area contributed by atoms with Crippen LogP contribution in [0.3, 0.4) is 0 Å². The molecule has 0 fully saturated rings. The highest BCUT2D eigenvalue weighted by Crippen LogP contribution is 2.35. The molecule has 0 amide bonds. The number of nitro benzene ring substituents is 1. The fourth-order valence-corrected chi connectivity index (χ4v) is 3.50. The lowest BCUT2D eigenvalue weighted by molar-refractivity contribution is -0.384. The molecule has 0 spiro atoms. The Hall–Kier alpha value is -2.18. The summed E-state index contributed by atoms with van der Waals surface area (Å²) < 4.78 is 0.664. The molecule has 0 saturated carbocycles. The number of hydrogen-bond acceptors (Lipinski definition) is 8. The molecule has 7 nitrogen and oxygen atoms in total. The first kappa shape index (κ1) is 16.2. The van der Waals surface area contributed by atoms with Gasteiger partial charge in [0.1, 0.15) is 6.07 Å². The van der Waals surface area contributed by atoms with Crippen LogP contribution in [0, 0.1) is 21.4 Å². The molecule has 0 saturated heterocycles. The Balaban J connectivity index is 2.21. The van der Waals surface area contributed by atoms with E-state index < -0.39 is 4.92 Å². The molecular formula is C13H13N5O2S2. The highest BCUT2D eigenvalue weighted by atomic mass is 32.2. The molecule has 0 bridgehead atoms. The largest absolute Gasteiger partial charge is 0.355 e. The van der Waals surface area contributed by atoms with E-state index >= 15 is 0 Å². The van der Waals surface area contributed by atoms with Crippen molar-refractivity contribution in [2.45, 2.75) is 35.5 Å². The number of non-ortho nitro benzene ring substituents is 1. The predicted octanol–water partition coefficient (Wildman–Crippen LogP) is 3.68. The molecular weight excluding hydrogens is 322 g/mol. The smallest absolute Gasteiger partial charge is 0.270 e. The van der Waals surface area contributed by atoms with Gasteiger partial charge >= 0.3 is 0 Å². The molecule has 0 radical (unpaired) electrons. The predicted molar refractivity (Wildman–Crippen MR) is 85.2 cm³/mol. The van der Waals surface area contributed by atoms with Crippen LogP contribution in [0.2, 0.25) is 0 Å². The van der Waals surface area contributed by atoms with Gasteiger partial charge in [-0.05, 0) is 26.8 Å². The van der Waals surface area contributed by atoms with Gasteiger partial charge in [-0.2, -0.15) is 5.26 Å². The van der Waals surface area contributed by atoms with Crippen LogP contribution in [0.1, 0.15) is 26.3 Å². The Morgan fingerprint density at radius 2 is 2.14 bits per heavy atom. The van der Waals surface area contributed by atoms with Crippen molar-refractivity contribution >= 4 is 33.9 Å². The first-order valence-electron chi connectivity index (χ1n) is 6.26. The average Bonchev–Trinajstić information content (AvgIpc) is 2.83. The SMILES string of the molecule is CC(C)(C)Nc1nnc(Sc2ccc([N+](=O)[O-])cc2C#N)s1. The van der Waals surface area contributed by atoms with Gasteiger partial charge in [-0.3, -0.25) is 10.1 Å². The minimum atomic E-state index is -0.522. The number of rotatable bonds is 4. The van der Waals surface area contributed by atoms with Crippen molar-refractivity contribution in [1.82, 2.24) is 10.2 Å². The van der Waals surface area contributed by atoms with Crippen LogP contribution in [0.4, 0.5) is 10.8 Å². The Morgan fingerprint density at radius 1 is 1.41 bits per heavy atom. The third kappa shape index (κ3) is 4.16. The third-order valence-corrected chi connectivity index (χ3v) is 4.35. The van der Waals surface area contributed by atoms with Gasteiger partial charge in [0, 0.05) is 22.6 Å². The lowest BCUT2D eigenvalue weighted by Crippen LogP contribution is -2.25. The Morgan fingerprint density at radius 3 is 2.73 bits per heavy atom. The van der Waals surface area contributed by atoms with E-state index in [1.54, 1.807) is 6.07 Å². The summed E-state index contributed by atoms with van der Waals surface area (Å²) in [5.41, 5.74) is 0.0279. The number of anilines is 1. The summed E-state index contributed by atoms with van der Waals surface area (Å²) in [6.07, 6.45) is 0. The van der Waals surface area contributed by atoms with Gasteiger partial charge in [0.05, 0.1) is 10.5 Å². The molecule has 22 heavy (non-hydrogen) atoms. The molecule has 0 unspecified atom stereocenters. The summed E-state index contributed by atoms with van der Waals surface area (Å²) >= 11 is 2.64. The molecule has 2 rings (SSSR count). The maximum absolute atomic E-state index is 10.7. The molecule has 0 aliphatic carbocycles. The minimum absolute atomic E-state index is 0.103. The number of benzene rings is 1. The van der Waals surface area contributed by atoms with E-state index in [2.05, 4.69) is 15.5 Å². The van der Waals surface area contributed by atoms with E-state index in [1.807, 2.05) is 26.8 Å². The summed E-state index contributed by atoms with van der Waals surface area (Å²) in [5, 5.41) is 31.9. The van der Waals surface area contributed by atoms with Gasteiger partial charge in [0.15, 0.2) is 4.34 Å². The van der Waals surface area contributed by atoms with Crippen LogP contribution >= 0.6 is 23.1 Å².